The van der Waals surface area contributed by atoms with Crippen molar-refractivity contribution < 1.29 is 0 Å². The fraction of sp³-hybridized carbons (Fsp3) is 0.0667. The zero-order chi connectivity index (χ0) is 13.9. The van der Waals surface area contributed by atoms with E-state index in [1.54, 1.807) is 0 Å². The summed E-state index contributed by atoms with van der Waals surface area (Å²) < 4.78 is 2.99. The fourth-order valence-electron chi connectivity index (χ4n) is 2.11. The Morgan fingerprint density at radius 2 is 1.80 bits per heavy atom. The fourth-order valence-corrected chi connectivity index (χ4v) is 2.51. The van der Waals surface area contributed by atoms with E-state index in [2.05, 4.69) is 26.1 Å². The first kappa shape index (κ1) is 13.0. The molecule has 0 spiro atoms. The zero-order valence-electron chi connectivity index (χ0n) is 10.7. The minimum absolute atomic E-state index is 0.343. The van der Waals surface area contributed by atoms with Crippen LogP contribution >= 0.6 is 15.9 Å². The second-order valence-corrected chi connectivity index (χ2v) is 5.24. The van der Waals surface area contributed by atoms with Gasteiger partial charge in [0.1, 0.15) is 0 Å². The third-order valence-corrected chi connectivity index (χ3v) is 3.50. The number of aromatic nitrogens is 3. The summed E-state index contributed by atoms with van der Waals surface area (Å²) in [5, 5.41) is 8.48. The van der Waals surface area contributed by atoms with Crippen molar-refractivity contribution >= 4 is 15.9 Å². The van der Waals surface area contributed by atoms with Gasteiger partial charge in [0.2, 0.25) is 0 Å². The predicted molar refractivity (Wildman–Crippen MR) is 82.4 cm³/mol. The lowest BCUT2D eigenvalue weighted by Gasteiger charge is -2.09. The van der Waals surface area contributed by atoms with Crippen LogP contribution in [0.15, 0.2) is 59.1 Å². The monoisotopic (exact) mass is 328 g/mol. The van der Waals surface area contributed by atoms with Crippen molar-refractivity contribution in [3.63, 3.8) is 0 Å². The Kier molecular flexibility index (Phi) is 3.62. The molecule has 0 fully saturated rings. The highest BCUT2D eigenvalue weighted by molar-refractivity contribution is 9.10. The van der Waals surface area contributed by atoms with Crippen molar-refractivity contribution in [2.24, 2.45) is 5.73 Å². The van der Waals surface area contributed by atoms with Crippen molar-refractivity contribution in [1.29, 1.82) is 0 Å². The van der Waals surface area contributed by atoms with Crippen LogP contribution in [0, 0.1) is 0 Å². The molecule has 3 rings (SSSR count). The molecule has 20 heavy (non-hydrogen) atoms. The molecule has 5 heteroatoms. The molecule has 0 atom stereocenters. The molecule has 0 saturated carbocycles. The van der Waals surface area contributed by atoms with E-state index in [4.69, 9.17) is 5.73 Å². The highest BCUT2D eigenvalue weighted by atomic mass is 79.9. The van der Waals surface area contributed by atoms with Gasteiger partial charge in [-0.3, -0.25) is 4.57 Å². The zero-order valence-corrected chi connectivity index (χ0v) is 12.3. The first-order chi connectivity index (χ1) is 9.79. The van der Waals surface area contributed by atoms with Crippen molar-refractivity contribution in [3.05, 3.63) is 64.9 Å². The van der Waals surface area contributed by atoms with Crippen molar-refractivity contribution in [2.45, 2.75) is 6.54 Å². The quantitative estimate of drug-likeness (QED) is 0.803. The molecule has 0 unspecified atom stereocenters. The van der Waals surface area contributed by atoms with E-state index in [0.29, 0.717) is 6.54 Å². The maximum atomic E-state index is 5.78. The van der Waals surface area contributed by atoms with Gasteiger partial charge in [0.15, 0.2) is 11.6 Å². The Morgan fingerprint density at radius 3 is 2.50 bits per heavy atom. The molecule has 0 bridgehead atoms. The molecule has 0 amide bonds. The summed E-state index contributed by atoms with van der Waals surface area (Å²) in [6.45, 7) is 0.343. The summed E-state index contributed by atoms with van der Waals surface area (Å²) in [5.74, 6) is 1.53. The molecule has 100 valence electrons. The number of hydrogen-bond donors (Lipinski definition) is 1. The van der Waals surface area contributed by atoms with E-state index >= 15 is 0 Å². The Bertz CT molecular complexity index is 722. The van der Waals surface area contributed by atoms with Crippen LogP contribution in [0.25, 0.3) is 17.1 Å². The Labute approximate surface area is 125 Å². The summed E-state index contributed by atoms with van der Waals surface area (Å²) in [4.78, 5) is 0. The largest absolute Gasteiger partial charge is 0.324 e. The number of para-hydroxylation sites is 1. The van der Waals surface area contributed by atoms with Crippen molar-refractivity contribution in [3.8, 4) is 17.1 Å². The van der Waals surface area contributed by atoms with Crippen LogP contribution in [-0.4, -0.2) is 14.8 Å². The van der Waals surface area contributed by atoms with E-state index < -0.39 is 0 Å². The lowest BCUT2D eigenvalue weighted by Crippen LogP contribution is -2.07. The molecular formula is C15H13BrN4. The van der Waals surface area contributed by atoms with Crippen LogP contribution in [0.3, 0.4) is 0 Å². The van der Waals surface area contributed by atoms with Gasteiger partial charge in [-0.25, -0.2) is 0 Å². The van der Waals surface area contributed by atoms with Crippen LogP contribution < -0.4 is 5.73 Å². The average Bonchev–Trinajstić information content (AvgIpc) is 2.92. The Balaban J connectivity index is 2.20. The summed E-state index contributed by atoms with van der Waals surface area (Å²) >= 11 is 3.48. The molecule has 1 aromatic heterocycles. The molecule has 0 aliphatic heterocycles. The summed E-state index contributed by atoms with van der Waals surface area (Å²) in [6, 6.07) is 18.0. The molecule has 2 aromatic carbocycles. The molecule has 0 radical (unpaired) electrons. The molecule has 0 aliphatic rings. The number of benzene rings is 2. The summed E-state index contributed by atoms with van der Waals surface area (Å²) in [6.07, 6.45) is 0. The van der Waals surface area contributed by atoms with Gasteiger partial charge in [-0.1, -0.05) is 46.3 Å². The van der Waals surface area contributed by atoms with Crippen LogP contribution in [-0.2, 0) is 6.54 Å². The highest BCUT2D eigenvalue weighted by Gasteiger charge is 2.14. The van der Waals surface area contributed by atoms with Gasteiger partial charge >= 0.3 is 0 Å². The maximum absolute atomic E-state index is 5.78. The second kappa shape index (κ2) is 5.56. The average molecular weight is 329 g/mol. The summed E-state index contributed by atoms with van der Waals surface area (Å²) in [5.41, 5.74) is 7.78. The standard InChI is InChI=1S/C15H13BrN4/c16-12-6-4-5-11(9-12)15-19-18-14(10-17)20(15)13-7-2-1-3-8-13/h1-9H,10,17H2. The van der Waals surface area contributed by atoms with E-state index in [0.717, 1.165) is 27.4 Å². The number of nitrogens with two attached hydrogens (primary N) is 1. The smallest absolute Gasteiger partial charge is 0.168 e. The Hall–Kier alpha value is -1.98. The highest BCUT2D eigenvalue weighted by Crippen LogP contribution is 2.25. The number of nitrogens with zero attached hydrogens (tertiary/aromatic N) is 3. The Morgan fingerprint density at radius 1 is 1.00 bits per heavy atom. The first-order valence-electron chi connectivity index (χ1n) is 6.25. The first-order valence-corrected chi connectivity index (χ1v) is 7.04. The second-order valence-electron chi connectivity index (χ2n) is 4.33. The SMILES string of the molecule is NCc1nnc(-c2cccc(Br)c2)n1-c1ccccc1. The number of halogens is 1. The maximum Gasteiger partial charge on any atom is 0.168 e. The van der Waals surface area contributed by atoms with Crippen LogP contribution in [0.1, 0.15) is 5.82 Å². The molecule has 1 heterocycles. The molecule has 0 aliphatic carbocycles. The molecule has 2 N–H and O–H groups in total. The molecular weight excluding hydrogens is 316 g/mol. The van der Waals surface area contributed by atoms with Crippen LogP contribution in [0.5, 0.6) is 0 Å². The predicted octanol–water partition coefficient (Wildman–Crippen LogP) is 3.16. The number of hydrogen-bond acceptors (Lipinski definition) is 3. The van der Waals surface area contributed by atoms with E-state index in [1.807, 2.05) is 59.2 Å². The van der Waals surface area contributed by atoms with Crippen molar-refractivity contribution in [2.75, 3.05) is 0 Å². The van der Waals surface area contributed by atoms with Gasteiger partial charge in [-0.2, -0.15) is 0 Å². The van der Waals surface area contributed by atoms with Crippen LogP contribution in [0.4, 0.5) is 0 Å². The summed E-state index contributed by atoms with van der Waals surface area (Å²) in [7, 11) is 0. The molecule has 3 aromatic rings. The van der Waals surface area contributed by atoms with E-state index in [-0.39, 0.29) is 0 Å². The van der Waals surface area contributed by atoms with Gasteiger partial charge in [-0.05, 0) is 24.3 Å². The lowest BCUT2D eigenvalue weighted by atomic mass is 10.2. The molecule has 0 saturated heterocycles. The van der Waals surface area contributed by atoms with Gasteiger partial charge in [0.25, 0.3) is 0 Å². The van der Waals surface area contributed by atoms with Gasteiger partial charge in [0, 0.05) is 15.7 Å². The molecule has 4 nitrogen and oxygen atoms in total. The number of rotatable bonds is 3. The van der Waals surface area contributed by atoms with Crippen LogP contribution in [0.2, 0.25) is 0 Å². The normalized spacial score (nSPS) is 10.7. The lowest BCUT2D eigenvalue weighted by molar-refractivity contribution is 0.861. The topological polar surface area (TPSA) is 56.7 Å². The van der Waals surface area contributed by atoms with Gasteiger partial charge in [0.05, 0.1) is 6.54 Å². The minimum Gasteiger partial charge on any atom is -0.324 e. The van der Waals surface area contributed by atoms with Gasteiger partial charge in [-0.15, -0.1) is 10.2 Å². The third-order valence-electron chi connectivity index (χ3n) is 3.01. The van der Waals surface area contributed by atoms with E-state index in [1.165, 1.54) is 0 Å². The van der Waals surface area contributed by atoms with Gasteiger partial charge < -0.3 is 5.73 Å². The third kappa shape index (κ3) is 2.37. The van der Waals surface area contributed by atoms with E-state index in [9.17, 15) is 0 Å². The van der Waals surface area contributed by atoms with Crippen molar-refractivity contribution in [1.82, 2.24) is 14.8 Å². The minimum atomic E-state index is 0.343.